The van der Waals surface area contributed by atoms with Crippen molar-refractivity contribution >= 4 is 11.9 Å². The number of likely N-dealkylation sites (tertiary alicyclic amines) is 1. The summed E-state index contributed by atoms with van der Waals surface area (Å²) >= 11 is 0. The Kier molecular flexibility index (Phi) is 4.64. The first-order chi connectivity index (χ1) is 11.6. The molecule has 2 heterocycles. The molecular weight excluding hydrogens is 306 g/mol. The van der Waals surface area contributed by atoms with Gasteiger partial charge in [0.05, 0.1) is 12.0 Å². The minimum absolute atomic E-state index is 0.0656. The fraction of sp³-hybridized carbons (Fsp3) is 0.389. The number of nitrogens with zero attached hydrogens (tertiary/aromatic N) is 3. The van der Waals surface area contributed by atoms with E-state index in [0.29, 0.717) is 13.1 Å². The summed E-state index contributed by atoms with van der Waals surface area (Å²) in [6.07, 6.45) is 4.40. The molecule has 1 aliphatic rings. The molecule has 2 aromatic rings. The molecule has 126 valence electrons. The molecule has 0 saturated carbocycles. The van der Waals surface area contributed by atoms with Crippen LogP contribution in [0, 0.1) is 12.8 Å². The van der Waals surface area contributed by atoms with Crippen molar-refractivity contribution in [2.24, 2.45) is 5.92 Å². The van der Waals surface area contributed by atoms with E-state index in [1.807, 2.05) is 48.1 Å². The molecule has 0 radical (unpaired) electrons. The van der Waals surface area contributed by atoms with E-state index < -0.39 is 17.9 Å². The van der Waals surface area contributed by atoms with Gasteiger partial charge >= 0.3 is 5.97 Å². The Bertz CT molecular complexity index is 727. The number of carbonyl (C=O) groups excluding carboxylic acids is 1. The first-order valence-electron chi connectivity index (χ1n) is 8.13. The van der Waals surface area contributed by atoms with E-state index >= 15 is 0 Å². The smallest absolute Gasteiger partial charge is 0.309 e. The molecule has 6 heteroatoms. The second-order valence-corrected chi connectivity index (χ2v) is 6.16. The van der Waals surface area contributed by atoms with Crippen molar-refractivity contribution in [3.8, 4) is 0 Å². The Balaban J connectivity index is 1.80. The molecule has 1 amide bonds. The predicted molar refractivity (Wildman–Crippen MR) is 88.2 cm³/mol. The van der Waals surface area contributed by atoms with Gasteiger partial charge in [0.25, 0.3) is 0 Å². The molecule has 0 bridgehead atoms. The summed E-state index contributed by atoms with van der Waals surface area (Å²) in [6.45, 7) is 3.19. The van der Waals surface area contributed by atoms with Gasteiger partial charge in [0.15, 0.2) is 0 Å². The zero-order valence-electron chi connectivity index (χ0n) is 13.6. The second-order valence-electron chi connectivity index (χ2n) is 6.16. The highest BCUT2D eigenvalue weighted by molar-refractivity contribution is 5.87. The average Bonchev–Trinajstić information content (AvgIpc) is 3.17. The zero-order valence-corrected chi connectivity index (χ0v) is 13.6. The number of carbonyl (C=O) groups is 2. The van der Waals surface area contributed by atoms with E-state index in [-0.39, 0.29) is 12.3 Å². The third-order valence-electron chi connectivity index (χ3n) is 4.60. The molecule has 1 aliphatic heterocycles. The van der Waals surface area contributed by atoms with E-state index in [2.05, 4.69) is 5.10 Å². The fourth-order valence-electron chi connectivity index (χ4n) is 3.41. The van der Waals surface area contributed by atoms with Gasteiger partial charge in [-0.05, 0) is 30.5 Å². The van der Waals surface area contributed by atoms with Crippen LogP contribution in [0.15, 0.2) is 42.7 Å². The van der Waals surface area contributed by atoms with Gasteiger partial charge in [-0.25, -0.2) is 0 Å². The number of amides is 1. The summed E-state index contributed by atoms with van der Waals surface area (Å²) in [5.74, 6) is -1.69. The molecule has 2 atom stereocenters. The third-order valence-corrected chi connectivity index (χ3v) is 4.60. The Labute approximate surface area is 140 Å². The minimum atomic E-state index is -0.911. The Morgan fingerprint density at radius 2 is 2.08 bits per heavy atom. The van der Waals surface area contributed by atoms with Crippen LogP contribution >= 0.6 is 0 Å². The summed E-state index contributed by atoms with van der Waals surface area (Å²) in [7, 11) is 0. The predicted octanol–water partition coefficient (Wildman–Crippen LogP) is 2.26. The number of aliphatic carboxylic acids is 1. The van der Waals surface area contributed by atoms with Crippen molar-refractivity contribution in [2.75, 3.05) is 6.54 Å². The molecule has 1 fully saturated rings. The van der Waals surface area contributed by atoms with Gasteiger partial charge in [0.1, 0.15) is 0 Å². The number of aryl methyl sites for hydroxylation is 2. The lowest BCUT2D eigenvalue weighted by Crippen LogP contribution is -2.32. The Morgan fingerprint density at radius 1 is 1.29 bits per heavy atom. The van der Waals surface area contributed by atoms with Crippen molar-refractivity contribution in [1.29, 1.82) is 0 Å². The molecule has 6 nitrogen and oxygen atoms in total. The van der Waals surface area contributed by atoms with Crippen LogP contribution < -0.4 is 0 Å². The van der Waals surface area contributed by atoms with E-state index in [1.54, 1.807) is 11.1 Å². The number of carboxylic acid groups (broad SMARTS) is 1. The molecule has 1 aromatic heterocycles. The van der Waals surface area contributed by atoms with Crippen LogP contribution in [0.1, 0.15) is 30.0 Å². The van der Waals surface area contributed by atoms with Crippen LogP contribution in [0.4, 0.5) is 0 Å². The number of rotatable bonds is 6. The van der Waals surface area contributed by atoms with Gasteiger partial charge in [-0.2, -0.15) is 5.10 Å². The highest BCUT2D eigenvalue weighted by Crippen LogP contribution is 2.39. The second kappa shape index (κ2) is 6.86. The Morgan fingerprint density at radius 3 is 2.75 bits per heavy atom. The largest absolute Gasteiger partial charge is 0.481 e. The minimum Gasteiger partial charge on any atom is -0.481 e. The van der Waals surface area contributed by atoms with E-state index in [0.717, 1.165) is 17.5 Å². The normalized spacial score (nSPS) is 20.5. The number of benzene rings is 1. The van der Waals surface area contributed by atoms with Crippen LogP contribution in [-0.2, 0) is 16.1 Å². The third kappa shape index (κ3) is 3.18. The van der Waals surface area contributed by atoms with Crippen LogP contribution in [0.5, 0.6) is 0 Å². The topological polar surface area (TPSA) is 75.4 Å². The number of hydrogen-bond acceptors (Lipinski definition) is 3. The zero-order chi connectivity index (χ0) is 17.1. The van der Waals surface area contributed by atoms with E-state index in [1.165, 1.54) is 0 Å². The molecular formula is C18H21N3O3. The van der Waals surface area contributed by atoms with Gasteiger partial charge in [-0.3, -0.25) is 14.3 Å². The number of carboxylic acids is 1. The van der Waals surface area contributed by atoms with E-state index in [9.17, 15) is 14.7 Å². The van der Waals surface area contributed by atoms with Crippen molar-refractivity contribution < 1.29 is 14.7 Å². The van der Waals surface area contributed by atoms with Crippen molar-refractivity contribution in [2.45, 2.75) is 32.4 Å². The molecule has 1 saturated heterocycles. The van der Waals surface area contributed by atoms with Gasteiger partial charge in [0, 0.05) is 31.9 Å². The van der Waals surface area contributed by atoms with Gasteiger partial charge in [0.2, 0.25) is 5.91 Å². The summed E-state index contributed by atoms with van der Waals surface area (Å²) in [5.41, 5.74) is 1.94. The lowest BCUT2D eigenvalue weighted by molar-refractivity contribution is -0.142. The van der Waals surface area contributed by atoms with Crippen molar-refractivity contribution in [3.63, 3.8) is 0 Å². The van der Waals surface area contributed by atoms with Gasteiger partial charge < -0.3 is 10.0 Å². The van der Waals surface area contributed by atoms with Gasteiger partial charge in [-0.15, -0.1) is 0 Å². The lowest BCUT2D eigenvalue weighted by atomic mass is 9.91. The Hall–Kier alpha value is -2.63. The first kappa shape index (κ1) is 16.2. The van der Waals surface area contributed by atoms with Gasteiger partial charge in [-0.1, -0.05) is 24.3 Å². The standard InChI is InChI=1S/C18H21N3O3/c1-13-6-2-3-7-14(13)17-15(18(23)24)12-16(22)21(17)11-5-10-20-9-4-8-19-20/h2-4,6-9,15,17H,5,10-12H2,1H3,(H,23,24)/t15-,17-/m1/s1. The summed E-state index contributed by atoms with van der Waals surface area (Å²) in [6, 6.07) is 9.17. The summed E-state index contributed by atoms with van der Waals surface area (Å²) < 4.78 is 1.82. The molecule has 24 heavy (non-hydrogen) atoms. The number of hydrogen-bond donors (Lipinski definition) is 1. The lowest BCUT2D eigenvalue weighted by Gasteiger charge is -2.28. The van der Waals surface area contributed by atoms with Crippen LogP contribution in [0.3, 0.4) is 0 Å². The summed E-state index contributed by atoms with van der Waals surface area (Å²) in [5, 5.41) is 13.7. The fourth-order valence-corrected chi connectivity index (χ4v) is 3.41. The van der Waals surface area contributed by atoms with Crippen molar-refractivity contribution in [1.82, 2.24) is 14.7 Å². The molecule has 0 spiro atoms. The van der Waals surface area contributed by atoms with Crippen molar-refractivity contribution in [3.05, 3.63) is 53.9 Å². The average molecular weight is 327 g/mol. The first-order valence-corrected chi connectivity index (χ1v) is 8.13. The molecule has 3 rings (SSSR count). The van der Waals surface area contributed by atoms with Crippen LogP contribution in [0.2, 0.25) is 0 Å². The quantitative estimate of drug-likeness (QED) is 0.883. The van der Waals surface area contributed by atoms with Crippen LogP contribution in [-0.4, -0.2) is 38.2 Å². The van der Waals surface area contributed by atoms with Crippen LogP contribution in [0.25, 0.3) is 0 Å². The SMILES string of the molecule is Cc1ccccc1[C@@H]1[C@H](C(=O)O)CC(=O)N1CCCn1cccn1. The highest BCUT2D eigenvalue weighted by Gasteiger charge is 2.44. The summed E-state index contributed by atoms with van der Waals surface area (Å²) in [4.78, 5) is 25.8. The maximum Gasteiger partial charge on any atom is 0.309 e. The molecule has 0 unspecified atom stereocenters. The van der Waals surface area contributed by atoms with E-state index in [4.69, 9.17) is 0 Å². The molecule has 1 N–H and O–H groups in total. The highest BCUT2D eigenvalue weighted by atomic mass is 16.4. The maximum absolute atomic E-state index is 12.4. The maximum atomic E-state index is 12.4. The number of aromatic nitrogens is 2. The molecule has 0 aliphatic carbocycles. The monoisotopic (exact) mass is 327 g/mol. The molecule has 1 aromatic carbocycles.